The van der Waals surface area contributed by atoms with E-state index in [4.69, 9.17) is 4.74 Å². The van der Waals surface area contributed by atoms with Crippen molar-refractivity contribution in [3.8, 4) is 0 Å². The highest BCUT2D eigenvalue weighted by Gasteiger charge is 2.28. The van der Waals surface area contributed by atoms with E-state index in [1.165, 1.54) is 12.1 Å². The Hall–Kier alpha value is -2.87. The second kappa shape index (κ2) is 6.70. The van der Waals surface area contributed by atoms with E-state index in [-0.39, 0.29) is 17.6 Å². The van der Waals surface area contributed by atoms with Crippen LogP contribution in [0.2, 0.25) is 0 Å². The summed E-state index contributed by atoms with van der Waals surface area (Å²) >= 11 is 0. The van der Waals surface area contributed by atoms with Crippen LogP contribution in [-0.2, 0) is 11.8 Å². The van der Waals surface area contributed by atoms with E-state index < -0.39 is 5.82 Å². The maximum absolute atomic E-state index is 14.1. The normalized spacial score (nSPS) is 17.5. The van der Waals surface area contributed by atoms with Crippen LogP contribution in [-0.4, -0.2) is 50.3 Å². The molecule has 7 nitrogen and oxygen atoms in total. The van der Waals surface area contributed by atoms with Gasteiger partial charge in [-0.15, -0.1) is 0 Å². The van der Waals surface area contributed by atoms with Crippen LogP contribution >= 0.6 is 0 Å². The Morgan fingerprint density at radius 2 is 2.04 bits per heavy atom. The standard InChI is InChI=1S/C19H20FN5O2/c1-11-12(2)23-18-15(6-14(20)7-16(18)22-11)19(26)25-4-5-27-17(10-25)13-8-21-24(3)9-13/h6-9,17H,4-5,10H2,1-3H3. The van der Waals surface area contributed by atoms with Crippen LogP contribution in [0.4, 0.5) is 4.39 Å². The average molecular weight is 369 g/mol. The lowest BCUT2D eigenvalue weighted by atomic mass is 10.1. The molecule has 1 fully saturated rings. The van der Waals surface area contributed by atoms with Crippen molar-refractivity contribution in [1.29, 1.82) is 0 Å². The number of halogens is 1. The zero-order valence-corrected chi connectivity index (χ0v) is 15.4. The van der Waals surface area contributed by atoms with E-state index in [9.17, 15) is 9.18 Å². The van der Waals surface area contributed by atoms with Gasteiger partial charge in [0.2, 0.25) is 0 Å². The largest absolute Gasteiger partial charge is 0.370 e. The van der Waals surface area contributed by atoms with E-state index >= 15 is 0 Å². The molecule has 1 aliphatic heterocycles. The molecule has 0 aliphatic carbocycles. The maximum Gasteiger partial charge on any atom is 0.256 e. The third-order valence-electron chi connectivity index (χ3n) is 4.83. The summed E-state index contributed by atoms with van der Waals surface area (Å²) in [5, 5.41) is 4.16. The number of carbonyl (C=O) groups is 1. The van der Waals surface area contributed by atoms with Gasteiger partial charge in [0, 0.05) is 31.4 Å². The van der Waals surface area contributed by atoms with E-state index in [1.54, 1.807) is 15.8 Å². The van der Waals surface area contributed by atoms with Crippen LogP contribution in [0.15, 0.2) is 24.5 Å². The number of amides is 1. The highest BCUT2D eigenvalue weighted by Crippen LogP contribution is 2.25. The van der Waals surface area contributed by atoms with Crippen LogP contribution in [0.3, 0.4) is 0 Å². The van der Waals surface area contributed by atoms with E-state index in [1.807, 2.05) is 27.1 Å². The van der Waals surface area contributed by atoms with Crippen LogP contribution in [0.5, 0.6) is 0 Å². The van der Waals surface area contributed by atoms with Crippen molar-refractivity contribution in [3.05, 3.63) is 52.9 Å². The molecule has 0 saturated carbocycles. The minimum atomic E-state index is -0.500. The number of morpholine rings is 1. The zero-order chi connectivity index (χ0) is 19.1. The van der Waals surface area contributed by atoms with Gasteiger partial charge in [0.15, 0.2) is 0 Å². The molecule has 27 heavy (non-hydrogen) atoms. The number of nitrogens with zero attached hydrogens (tertiary/aromatic N) is 5. The van der Waals surface area contributed by atoms with Crippen molar-refractivity contribution < 1.29 is 13.9 Å². The van der Waals surface area contributed by atoms with Gasteiger partial charge in [-0.1, -0.05) is 0 Å². The minimum absolute atomic E-state index is 0.229. The molecule has 0 bridgehead atoms. The van der Waals surface area contributed by atoms with Crippen molar-refractivity contribution in [2.45, 2.75) is 20.0 Å². The number of hydrogen-bond acceptors (Lipinski definition) is 5. The second-order valence-electron chi connectivity index (χ2n) is 6.77. The van der Waals surface area contributed by atoms with Crippen LogP contribution < -0.4 is 0 Å². The summed E-state index contributed by atoms with van der Waals surface area (Å²) in [5.41, 5.74) is 3.39. The van der Waals surface area contributed by atoms with Gasteiger partial charge in [-0.25, -0.2) is 14.4 Å². The first kappa shape index (κ1) is 17.5. The Bertz CT molecular complexity index is 1030. The Balaban J connectivity index is 1.69. The SMILES string of the molecule is Cc1nc2cc(F)cc(C(=O)N3CCOC(c4cnn(C)c4)C3)c2nc1C. The smallest absolute Gasteiger partial charge is 0.256 e. The molecule has 3 heterocycles. The number of benzene rings is 1. The molecule has 1 unspecified atom stereocenters. The number of fused-ring (bicyclic) bond motifs is 1. The highest BCUT2D eigenvalue weighted by molar-refractivity contribution is 6.04. The number of rotatable bonds is 2. The molecule has 1 aliphatic rings. The van der Waals surface area contributed by atoms with E-state index in [0.29, 0.717) is 30.7 Å². The summed E-state index contributed by atoms with van der Waals surface area (Å²) < 4.78 is 21.6. The second-order valence-corrected chi connectivity index (χ2v) is 6.77. The predicted octanol–water partition coefficient (Wildman–Crippen LogP) is 2.33. The van der Waals surface area contributed by atoms with Gasteiger partial charge in [-0.2, -0.15) is 5.10 Å². The van der Waals surface area contributed by atoms with Crippen molar-refractivity contribution in [3.63, 3.8) is 0 Å². The summed E-state index contributed by atoms with van der Waals surface area (Å²) in [6, 6.07) is 2.55. The molecule has 3 aromatic rings. The van der Waals surface area contributed by atoms with Crippen molar-refractivity contribution in [2.24, 2.45) is 7.05 Å². The molecule has 1 aromatic carbocycles. The van der Waals surface area contributed by atoms with Crippen molar-refractivity contribution in [2.75, 3.05) is 19.7 Å². The third kappa shape index (κ3) is 3.28. The first-order chi connectivity index (χ1) is 12.9. The minimum Gasteiger partial charge on any atom is -0.370 e. The fourth-order valence-electron chi connectivity index (χ4n) is 3.27. The number of aryl methyl sites for hydroxylation is 3. The van der Waals surface area contributed by atoms with Gasteiger partial charge in [-0.3, -0.25) is 9.48 Å². The molecular weight excluding hydrogens is 349 g/mol. The molecule has 0 N–H and O–H groups in total. The first-order valence-electron chi connectivity index (χ1n) is 8.76. The average Bonchev–Trinajstić information content (AvgIpc) is 3.08. The molecule has 0 radical (unpaired) electrons. The summed E-state index contributed by atoms with van der Waals surface area (Å²) in [4.78, 5) is 23.7. The fourth-order valence-corrected chi connectivity index (χ4v) is 3.27. The van der Waals surface area contributed by atoms with Crippen LogP contribution in [0.1, 0.15) is 33.4 Å². The molecule has 8 heteroatoms. The van der Waals surface area contributed by atoms with Gasteiger partial charge < -0.3 is 9.64 Å². The monoisotopic (exact) mass is 369 g/mol. The van der Waals surface area contributed by atoms with E-state index in [0.717, 1.165) is 17.0 Å². The Kier molecular flexibility index (Phi) is 4.35. The number of carbonyl (C=O) groups excluding carboxylic acids is 1. The lowest BCUT2D eigenvalue weighted by Gasteiger charge is -2.32. The fraction of sp³-hybridized carbons (Fsp3) is 0.368. The Morgan fingerprint density at radius 1 is 1.26 bits per heavy atom. The molecule has 2 aromatic heterocycles. The van der Waals surface area contributed by atoms with Gasteiger partial charge in [0.1, 0.15) is 17.4 Å². The lowest BCUT2D eigenvalue weighted by Crippen LogP contribution is -2.42. The molecular formula is C19H20FN5O2. The third-order valence-corrected chi connectivity index (χ3v) is 4.83. The van der Waals surface area contributed by atoms with Gasteiger partial charge in [0.05, 0.1) is 41.8 Å². The van der Waals surface area contributed by atoms with Gasteiger partial charge >= 0.3 is 0 Å². The quantitative estimate of drug-likeness (QED) is 0.693. The summed E-state index contributed by atoms with van der Waals surface area (Å²) in [6.45, 7) is 4.86. The molecule has 1 amide bonds. The Labute approximate surface area is 155 Å². The molecule has 4 rings (SSSR count). The molecule has 140 valence electrons. The van der Waals surface area contributed by atoms with Gasteiger partial charge in [-0.05, 0) is 19.9 Å². The number of hydrogen-bond donors (Lipinski definition) is 0. The highest BCUT2D eigenvalue weighted by atomic mass is 19.1. The van der Waals surface area contributed by atoms with Crippen LogP contribution in [0.25, 0.3) is 11.0 Å². The molecule has 1 saturated heterocycles. The maximum atomic E-state index is 14.1. The van der Waals surface area contributed by atoms with Crippen molar-refractivity contribution in [1.82, 2.24) is 24.6 Å². The topological polar surface area (TPSA) is 73.1 Å². The lowest BCUT2D eigenvalue weighted by molar-refractivity contribution is -0.0228. The number of ether oxygens (including phenoxy) is 1. The van der Waals surface area contributed by atoms with Crippen molar-refractivity contribution >= 4 is 16.9 Å². The van der Waals surface area contributed by atoms with Gasteiger partial charge in [0.25, 0.3) is 5.91 Å². The zero-order valence-electron chi connectivity index (χ0n) is 15.4. The predicted molar refractivity (Wildman–Crippen MR) is 96.8 cm³/mol. The summed E-state index contributed by atoms with van der Waals surface area (Å²) in [6.07, 6.45) is 3.34. The summed E-state index contributed by atoms with van der Waals surface area (Å²) in [5.74, 6) is -0.769. The van der Waals surface area contributed by atoms with E-state index in [2.05, 4.69) is 15.1 Å². The first-order valence-corrected chi connectivity index (χ1v) is 8.76. The Morgan fingerprint density at radius 3 is 2.78 bits per heavy atom. The summed E-state index contributed by atoms with van der Waals surface area (Å²) in [7, 11) is 1.83. The number of aromatic nitrogens is 4. The van der Waals surface area contributed by atoms with Crippen LogP contribution in [0, 0.1) is 19.7 Å². The molecule has 1 atom stereocenters. The molecule has 0 spiro atoms.